The molecule has 2 aromatic rings. The van der Waals surface area contributed by atoms with Crippen molar-refractivity contribution in [1.82, 2.24) is 10.2 Å². The van der Waals surface area contributed by atoms with Crippen LogP contribution in [0.4, 0.5) is 10.5 Å². The van der Waals surface area contributed by atoms with Gasteiger partial charge in [0.05, 0.1) is 13.7 Å². The van der Waals surface area contributed by atoms with Gasteiger partial charge in [0.15, 0.2) is 0 Å². The summed E-state index contributed by atoms with van der Waals surface area (Å²) in [7, 11) is 1.53. The van der Waals surface area contributed by atoms with Gasteiger partial charge in [-0.1, -0.05) is 36.3 Å². The number of ether oxygens (including phenoxy) is 2. The van der Waals surface area contributed by atoms with E-state index in [4.69, 9.17) is 15.9 Å². The number of carbonyl (C=O) groups is 3. The highest BCUT2D eigenvalue weighted by molar-refractivity contribution is 5.99. The molecule has 9 nitrogen and oxygen atoms in total. The molecule has 0 aliphatic heterocycles. The minimum Gasteiger partial charge on any atom is -0.497 e. The van der Waals surface area contributed by atoms with Gasteiger partial charge in [-0.25, -0.2) is 4.79 Å². The number of nitrogens with one attached hydrogen (secondary N) is 2. The van der Waals surface area contributed by atoms with Gasteiger partial charge in [-0.15, -0.1) is 0 Å². The number of hydrogen-bond donors (Lipinski definition) is 3. The molecule has 0 aromatic heterocycles. The third-order valence-electron chi connectivity index (χ3n) is 4.77. The molecule has 0 radical (unpaired) electrons. The average molecular weight is 482 g/mol. The average Bonchev–Trinajstić information content (AvgIpc) is 2.79. The number of amides is 3. The molecule has 0 bridgehead atoms. The number of aliphatic hydroxyl groups is 1. The minimum absolute atomic E-state index is 0.455. The summed E-state index contributed by atoms with van der Waals surface area (Å²) < 4.78 is 10.3. The number of methoxy groups -OCH3 is 1. The standard InChI is InChI=1S/C26H31N3O6/c1-7-29(24(32)21(16-30)28-25(33)35-26(3,4)5)22(18-10-8-9-17(2)15-18)23(31)27-19-11-13-20(34-6)14-12-19/h1,8-15,21-22,30H,16H2,2-6H3,(H,27,31)(H,28,33). The lowest BCUT2D eigenvalue weighted by molar-refractivity contribution is -0.137. The Morgan fingerprint density at radius 3 is 2.31 bits per heavy atom. The van der Waals surface area contributed by atoms with Crippen LogP contribution in [0.15, 0.2) is 48.5 Å². The van der Waals surface area contributed by atoms with Crippen molar-refractivity contribution < 1.29 is 29.0 Å². The first-order valence-corrected chi connectivity index (χ1v) is 10.9. The van der Waals surface area contributed by atoms with E-state index in [-0.39, 0.29) is 0 Å². The van der Waals surface area contributed by atoms with Crippen LogP contribution in [-0.4, -0.2) is 53.3 Å². The van der Waals surface area contributed by atoms with Crippen LogP contribution in [0.2, 0.25) is 0 Å². The predicted octanol–water partition coefficient (Wildman–Crippen LogP) is 2.99. The van der Waals surface area contributed by atoms with E-state index in [1.807, 2.05) is 13.0 Å². The fraction of sp³-hybridized carbons (Fsp3) is 0.346. The van der Waals surface area contributed by atoms with Crippen molar-refractivity contribution >= 4 is 23.6 Å². The molecule has 0 heterocycles. The molecule has 0 aliphatic carbocycles. The highest BCUT2D eigenvalue weighted by atomic mass is 16.6. The molecule has 9 heteroatoms. The van der Waals surface area contributed by atoms with Gasteiger partial charge in [-0.3, -0.25) is 14.5 Å². The second-order valence-corrected chi connectivity index (χ2v) is 8.75. The number of rotatable bonds is 8. The predicted molar refractivity (Wildman–Crippen MR) is 131 cm³/mol. The number of terminal acetylenes is 1. The van der Waals surface area contributed by atoms with Crippen LogP contribution in [0.25, 0.3) is 0 Å². The number of aliphatic hydroxyl groups excluding tert-OH is 1. The number of benzene rings is 2. The number of hydrogen-bond acceptors (Lipinski definition) is 6. The van der Waals surface area contributed by atoms with E-state index in [2.05, 4.69) is 16.7 Å². The van der Waals surface area contributed by atoms with Crippen LogP contribution in [0, 0.1) is 19.4 Å². The molecule has 2 atom stereocenters. The van der Waals surface area contributed by atoms with Crippen LogP contribution >= 0.6 is 0 Å². The Balaban J connectivity index is 2.38. The molecule has 35 heavy (non-hydrogen) atoms. The summed E-state index contributed by atoms with van der Waals surface area (Å²) in [6, 6.07) is 13.2. The number of alkyl carbamates (subject to hydrolysis) is 1. The topological polar surface area (TPSA) is 117 Å². The van der Waals surface area contributed by atoms with Gasteiger partial charge < -0.3 is 25.2 Å². The zero-order valence-corrected chi connectivity index (χ0v) is 20.5. The van der Waals surface area contributed by atoms with E-state index in [9.17, 15) is 19.5 Å². The first-order valence-electron chi connectivity index (χ1n) is 10.9. The number of anilines is 1. The van der Waals surface area contributed by atoms with Gasteiger partial charge in [-0.2, -0.15) is 0 Å². The minimum atomic E-state index is -1.43. The van der Waals surface area contributed by atoms with Crippen molar-refractivity contribution in [1.29, 1.82) is 0 Å². The summed E-state index contributed by atoms with van der Waals surface area (Å²) in [5.41, 5.74) is 0.945. The van der Waals surface area contributed by atoms with Crippen LogP contribution in [0.5, 0.6) is 5.75 Å². The van der Waals surface area contributed by atoms with Gasteiger partial charge in [0, 0.05) is 11.7 Å². The Morgan fingerprint density at radius 1 is 1.14 bits per heavy atom. The van der Waals surface area contributed by atoms with Gasteiger partial charge in [0.1, 0.15) is 23.4 Å². The molecule has 0 saturated heterocycles. The highest BCUT2D eigenvalue weighted by Gasteiger charge is 2.35. The Bertz CT molecular complexity index is 1090. The largest absolute Gasteiger partial charge is 0.497 e. The fourth-order valence-corrected chi connectivity index (χ4v) is 3.21. The van der Waals surface area contributed by atoms with Crippen LogP contribution in [-0.2, 0) is 14.3 Å². The van der Waals surface area contributed by atoms with Crippen LogP contribution in [0.1, 0.15) is 37.9 Å². The molecule has 186 valence electrons. The number of nitrogens with zero attached hydrogens (tertiary/aromatic N) is 1. The molecule has 0 saturated carbocycles. The third kappa shape index (κ3) is 7.76. The number of aryl methyl sites for hydroxylation is 1. The van der Waals surface area contributed by atoms with Gasteiger partial charge in [0.25, 0.3) is 11.8 Å². The van der Waals surface area contributed by atoms with Gasteiger partial charge >= 0.3 is 6.09 Å². The maximum absolute atomic E-state index is 13.4. The normalized spacial score (nSPS) is 12.5. The lowest BCUT2D eigenvalue weighted by Crippen LogP contribution is -2.52. The smallest absolute Gasteiger partial charge is 0.408 e. The maximum atomic E-state index is 13.4. The molecule has 2 rings (SSSR count). The van der Waals surface area contributed by atoms with E-state index < -0.39 is 42.2 Å². The molecule has 0 fully saturated rings. The van der Waals surface area contributed by atoms with E-state index in [1.165, 1.54) is 7.11 Å². The Kier molecular flexibility index (Phi) is 9.26. The zero-order valence-electron chi connectivity index (χ0n) is 20.5. The van der Waals surface area contributed by atoms with Crippen LogP contribution in [0.3, 0.4) is 0 Å². The van der Waals surface area contributed by atoms with Gasteiger partial charge in [-0.05, 0) is 57.5 Å². The summed E-state index contributed by atoms with van der Waals surface area (Å²) in [6.07, 6.45) is 4.77. The van der Waals surface area contributed by atoms with Crippen molar-refractivity contribution in [3.05, 3.63) is 59.7 Å². The van der Waals surface area contributed by atoms with E-state index >= 15 is 0 Å². The summed E-state index contributed by atoms with van der Waals surface area (Å²) in [5.74, 6) is -0.823. The molecular weight excluding hydrogens is 450 g/mol. The maximum Gasteiger partial charge on any atom is 0.408 e. The SMILES string of the molecule is C#CN(C(=O)C(CO)NC(=O)OC(C)(C)C)C(C(=O)Nc1ccc(OC)cc1)c1cccc(C)c1. The molecular formula is C26H31N3O6. The van der Waals surface area contributed by atoms with Crippen molar-refractivity contribution in [2.45, 2.75) is 45.4 Å². The second-order valence-electron chi connectivity index (χ2n) is 8.75. The van der Waals surface area contributed by atoms with Crippen LogP contribution < -0.4 is 15.4 Å². The van der Waals surface area contributed by atoms with Gasteiger partial charge in [0.2, 0.25) is 0 Å². The first-order chi connectivity index (χ1) is 16.5. The Morgan fingerprint density at radius 2 is 1.80 bits per heavy atom. The molecule has 2 unspecified atom stereocenters. The molecule has 3 N–H and O–H groups in total. The molecule has 0 aliphatic rings. The lowest BCUT2D eigenvalue weighted by atomic mass is 10.0. The van der Waals surface area contributed by atoms with Crippen molar-refractivity contribution in [2.75, 3.05) is 19.0 Å². The van der Waals surface area contributed by atoms with E-state index in [0.717, 1.165) is 10.5 Å². The quantitative estimate of drug-likeness (QED) is 0.394. The summed E-state index contributed by atoms with van der Waals surface area (Å²) in [6.45, 7) is 6.07. The highest BCUT2D eigenvalue weighted by Crippen LogP contribution is 2.25. The lowest BCUT2D eigenvalue weighted by Gasteiger charge is -2.30. The zero-order chi connectivity index (χ0) is 26.2. The Hall–Kier alpha value is -4.03. The molecule has 3 amide bonds. The first kappa shape index (κ1) is 27.2. The van der Waals surface area contributed by atoms with Crippen molar-refractivity contribution in [2.24, 2.45) is 0 Å². The molecule has 0 spiro atoms. The molecule has 2 aromatic carbocycles. The Labute approximate surface area is 205 Å². The van der Waals surface area contributed by atoms with E-state index in [1.54, 1.807) is 63.2 Å². The van der Waals surface area contributed by atoms with E-state index in [0.29, 0.717) is 17.0 Å². The van der Waals surface area contributed by atoms with Crippen molar-refractivity contribution in [3.8, 4) is 18.2 Å². The summed E-state index contributed by atoms with van der Waals surface area (Å²) >= 11 is 0. The summed E-state index contributed by atoms with van der Waals surface area (Å²) in [4.78, 5) is 39.8. The number of carbonyl (C=O) groups excluding carboxylic acids is 3. The third-order valence-corrected chi connectivity index (χ3v) is 4.77. The van der Waals surface area contributed by atoms with Crippen molar-refractivity contribution in [3.63, 3.8) is 0 Å². The summed E-state index contributed by atoms with van der Waals surface area (Å²) in [5, 5.41) is 14.9. The second kappa shape index (κ2) is 11.9. The fourth-order valence-electron chi connectivity index (χ4n) is 3.21. The monoisotopic (exact) mass is 481 g/mol.